The second kappa shape index (κ2) is 5.28. The van der Waals surface area contributed by atoms with Crippen LogP contribution in [0.2, 0.25) is 0 Å². The monoisotopic (exact) mass is 272 g/mol. The van der Waals surface area contributed by atoms with Gasteiger partial charge in [0, 0.05) is 24.5 Å². The molecule has 0 aromatic heterocycles. The summed E-state index contributed by atoms with van der Waals surface area (Å²) in [5.74, 6) is 0. The molecular weight excluding hydrogens is 248 g/mol. The molecule has 2 aliphatic heterocycles. The third kappa shape index (κ3) is 2.18. The lowest BCUT2D eigenvalue weighted by atomic mass is 9.89. The van der Waals surface area contributed by atoms with Crippen molar-refractivity contribution in [3.63, 3.8) is 0 Å². The average molecular weight is 272 g/mol. The SMILES string of the molecule is c1cc2c(cc1N1CCOC3CCCCC31)CCCN2. The van der Waals surface area contributed by atoms with E-state index in [1.165, 1.54) is 55.5 Å². The Labute approximate surface area is 121 Å². The van der Waals surface area contributed by atoms with Crippen molar-refractivity contribution < 1.29 is 4.74 Å². The van der Waals surface area contributed by atoms with Crippen LogP contribution < -0.4 is 10.2 Å². The topological polar surface area (TPSA) is 24.5 Å². The smallest absolute Gasteiger partial charge is 0.0779 e. The average Bonchev–Trinajstić information content (AvgIpc) is 2.54. The van der Waals surface area contributed by atoms with Crippen molar-refractivity contribution >= 4 is 11.4 Å². The molecule has 1 aliphatic carbocycles. The molecule has 0 amide bonds. The van der Waals surface area contributed by atoms with E-state index in [0.29, 0.717) is 12.1 Å². The fourth-order valence-corrected chi connectivity index (χ4v) is 4.06. The first-order valence-corrected chi connectivity index (χ1v) is 8.17. The van der Waals surface area contributed by atoms with Crippen LogP contribution in [0, 0.1) is 0 Å². The van der Waals surface area contributed by atoms with Gasteiger partial charge < -0.3 is 15.0 Å². The molecule has 108 valence electrons. The number of rotatable bonds is 1. The molecule has 1 saturated carbocycles. The van der Waals surface area contributed by atoms with Gasteiger partial charge in [-0.25, -0.2) is 0 Å². The highest BCUT2D eigenvalue weighted by Crippen LogP contribution is 2.34. The fourth-order valence-electron chi connectivity index (χ4n) is 4.06. The molecule has 0 radical (unpaired) electrons. The Balaban J connectivity index is 1.62. The van der Waals surface area contributed by atoms with Gasteiger partial charge in [0.2, 0.25) is 0 Å². The van der Waals surface area contributed by atoms with Gasteiger partial charge in [-0.2, -0.15) is 0 Å². The molecule has 1 aromatic carbocycles. The minimum absolute atomic E-state index is 0.464. The van der Waals surface area contributed by atoms with E-state index in [4.69, 9.17) is 4.74 Å². The Morgan fingerprint density at radius 1 is 1.15 bits per heavy atom. The Hall–Kier alpha value is -1.22. The van der Waals surface area contributed by atoms with E-state index in [-0.39, 0.29) is 0 Å². The van der Waals surface area contributed by atoms with Gasteiger partial charge in [-0.3, -0.25) is 0 Å². The van der Waals surface area contributed by atoms with Crippen LogP contribution >= 0.6 is 0 Å². The number of morpholine rings is 1. The molecule has 3 nitrogen and oxygen atoms in total. The van der Waals surface area contributed by atoms with Crippen molar-refractivity contribution in [3.05, 3.63) is 23.8 Å². The van der Waals surface area contributed by atoms with Gasteiger partial charge in [0.05, 0.1) is 18.8 Å². The van der Waals surface area contributed by atoms with E-state index in [0.717, 1.165) is 19.7 Å². The number of fused-ring (bicyclic) bond motifs is 2. The fraction of sp³-hybridized carbons (Fsp3) is 0.647. The number of benzene rings is 1. The van der Waals surface area contributed by atoms with Crippen molar-refractivity contribution in [2.75, 3.05) is 29.9 Å². The van der Waals surface area contributed by atoms with Gasteiger partial charge >= 0.3 is 0 Å². The first-order chi connectivity index (χ1) is 9.92. The molecule has 20 heavy (non-hydrogen) atoms. The highest BCUT2D eigenvalue weighted by atomic mass is 16.5. The Bertz CT molecular complexity index is 486. The lowest BCUT2D eigenvalue weighted by Gasteiger charge is -2.45. The predicted octanol–water partition coefficient (Wildman–Crippen LogP) is 3.19. The largest absolute Gasteiger partial charge is 0.385 e. The van der Waals surface area contributed by atoms with E-state index < -0.39 is 0 Å². The highest BCUT2D eigenvalue weighted by Gasteiger charge is 2.34. The second-order valence-corrected chi connectivity index (χ2v) is 6.33. The maximum absolute atomic E-state index is 5.99. The van der Waals surface area contributed by atoms with Crippen LogP contribution in [0.4, 0.5) is 11.4 Å². The van der Waals surface area contributed by atoms with Crippen LogP contribution in [0.3, 0.4) is 0 Å². The quantitative estimate of drug-likeness (QED) is 0.849. The molecule has 3 heteroatoms. The van der Waals surface area contributed by atoms with Crippen molar-refractivity contribution in [1.29, 1.82) is 0 Å². The maximum Gasteiger partial charge on any atom is 0.0779 e. The summed E-state index contributed by atoms with van der Waals surface area (Å²) in [6.45, 7) is 3.05. The molecule has 1 aromatic rings. The predicted molar refractivity (Wildman–Crippen MR) is 82.6 cm³/mol. The summed E-state index contributed by atoms with van der Waals surface area (Å²) in [5.41, 5.74) is 4.24. The summed E-state index contributed by atoms with van der Waals surface area (Å²) in [7, 11) is 0. The van der Waals surface area contributed by atoms with E-state index in [1.54, 1.807) is 0 Å². The Morgan fingerprint density at radius 2 is 2.10 bits per heavy atom. The maximum atomic E-state index is 5.99. The number of hydrogen-bond acceptors (Lipinski definition) is 3. The standard InChI is InChI=1S/C17H24N2O/c1-2-6-17-16(5-1)19(10-11-20-17)14-7-8-15-13(12-14)4-3-9-18-15/h7-8,12,16-18H,1-6,9-11H2. The van der Waals surface area contributed by atoms with E-state index in [1.807, 2.05) is 0 Å². The molecule has 0 bridgehead atoms. The molecular formula is C17H24N2O. The zero-order valence-electron chi connectivity index (χ0n) is 12.1. The van der Waals surface area contributed by atoms with Crippen molar-refractivity contribution in [1.82, 2.24) is 0 Å². The van der Waals surface area contributed by atoms with Crippen LogP contribution in [0.25, 0.3) is 0 Å². The van der Waals surface area contributed by atoms with Gasteiger partial charge in [0.25, 0.3) is 0 Å². The Morgan fingerprint density at radius 3 is 3.10 bits per heavy atom. The minimum atomic E-state index is 0.464. The lowest BCUT2D eigenvalue weighted by molar-refractivity contribution is -0.00868. The zero-order chi connectivity index (χ0) is 13.4. The van der Waals surface area contributed by atoms with Gasteiger partial charge in [-0.1, -0.05) is 12.8 Å². The summed E-state index contributed by atoms with van der Waals surface area (Å²) < 4.78 is 5.99. The highest BCUT2D eigenvalue weighted by molar-refractivity contribution is 5.62. The minimum Gasteiger partial charge on any atom is -0.385 e. The summed E-state index contributed by atoms with van der Waals surface area (Å²) in [6, 6.07) is 7.59. The number of anilines is 2. The van der Waals surface area contributed by atoms with Crippen molar-refractivity contribution in [2.45, 2.75) is 50.7 Å². The van der Waals surface area contributed by atoms with Crippen LogP contribution in [-0.2, 0) is 11.2 Å². The summed E-state index contributed by atoms with van der Waals surface area (Å²) in [4.78, 5) is 2.61. The van der Waals surface area contributed by atoms with Gasteiger partial charge in [-0.05, 0) is 49.4 Å². The third-order valence-electron chi connectivity index (χ3n) is 5.09. The van der Waals surface area contributed by atoms with Crippen LogP contribution in [0.1, 0.15) is 37.7 Å². The van der Waals surface area contributed by atoms with Crippen LogP contribution in [0.5, 0.6) is 0 Å². The van der Waals surface area contributed by atoms with Gasteiger partial charge in [-0.15, -0.1) is 0 Å². The zero-order valence-corrected chi connectivity index (χ0v) is 12.1. The summed E-state index contributed by atoms with van der Waals surface area (Å²) in [6.07, 6.45) is 8.16. The van der Waals surface area contributed by atoms with Crippen LogP contribution in [0.15, 0.2) is 18.2 Å². The Kier molecular flexibility index (Phi) is 3.31. The molecule has 1 saturated heterocycles. The number of nitrogens with one attached hydrogen (secondary N) is 1. The van der Waals surface area contributed by atoms with Crippen LogP contribution in [-0.4, -0.2) is 31.8 Å². The number of hydrogen-bond donors (Lipinski definition) is 1. The van der Waals surface area contributed by atoms with Gasteiger partial charge in [0.1, 0.15) is 0 Å². The first-order valence-electron chi connectivity index (χ1n) is 8.17. The number of aryl methyl sites for hydroxylation is 1. The third-order valence-corrected chi connectivity index (χ3v) is 5.09. The summed E-state index contributed by atoms with van der Waals surface area (Å²) in [5, 5.41) is 3.51. The summed E-state index contributed by atoms with van der Waals surface area (Å²) >= 11 is 0. The number of nitrogens with zero attached hydrogens (tertiary/aromatic N) is 1. The molecule has 2 fully saturated rings. The normalized spacial score (nSPS) is 29.3. The molecule has 2 atom stereocenters. The van der Waals surface area contributed by atoms with Gasteiger partial charge in [0.15, 0.2) is 0 Å². The molecule has 4 rings (SSSR count). The van der Waals surface area contributed by atoms with Crippen molar-refractivity contribution in [2.24, 2.45) is 0 Å². The molecule has 2 unspecified atom stereocenters. The molecule has 3 aliphatic rings. The molecule has 2 heterocycles. The lowest BCUT2D eigenvalue weighted by Crippen LogP contribution is -2.52. The molecule has 0 spiro atoms. The van der Waals surface area contributed by atoms with E-state index >= 15 is 0 Å². The van der Waals surface area contributed by atoms with E-state index in [9.17, 15) is 0 Å². The van der Waals surface area contributed by atoms with E-state index in [2.05, 4.69) is 28.4 Å². The number of ether oxygens (including phenoxy) is 1. The first kappa shape index (κ1) is 12.5. The van der Waals surface area contributed by atoms with Crippen molar-refractivity contribution in [3.8, 4) is 0 Å². The second-order valence-electron chi connectivity index (χ2n) is 6.33. The molecule has 1 N–H and O–H groups in total.